The van der Waals surface area contributed by atoms with Crippen molar-refractivity contribution in [3.05, 3.63) is 76.5 Å². The largest absolute Gasteiger partial charge is 0.503 e. The maximum absolute atomic E-state index is 12.1. The fourth-order valence-corrected chi connectivity index (χ4v) is 2.71. The Bertz CT molecular complexity index is 868. The number of ether oxygens (including phenoxy) is 2. The van der Waals surface area contributed by atoms with Crippen LogP contribution < -0.4 is 0 Å². The normalized spacial score (nSPS) is 11.9. The average molecular weight is 367 g/mol. The van der Waals surface area contributed by atoms with Gasteiger partial charge in [-0.3, -0.25) is 0 Å². The lowest BCUT2D eigenvalue weighted by molar-refractivity contribution is -0.133. The van der Waals surface area contributed by atoms with Crippen molar-refractivity contribution < 1.29 is 19.1 Å². The number of hydrogen-bond donors (Lipinski definition) is 0. The van der Waals surface area contributed by atoms with E-state index < -0.39 is 5.97 Å². The highest BCUT2D eigenvalue weighted by Crippen LogP contribution is 2.24. The summed E-state index contributed by atoms with van der Waals surface area (Å²) in [5.41, 5.74) is 5.84. The summed E-state index contributed by atoms with van der Waals surface area (Å²) in [7, 11) is 2.83. The Hall–Kier alpha value is -3.08. The molecule has 142 valence electrons. The lowest BCUT2D eigenvalue weighted by Crippen LogP contribution is -2.08. The molecule has 0 aromatic heterocycles. The topological polar surface area (TPSA) is 57.1 Å². The predicted molar refractivity (Wildman–Crippen MR) is 106 cm³/mol. The van der Waals surface area contributed by atoms with Crippen LogP contribution in [0.1, 0.15) is 34.7 Å². The lowest BCUT2D eigenvalue weighted by atomic mass is 9.97. The number of oxime groups is 1. The average Bonchev–Trinajstić information content (AvgIpc) is 2.66. The van der Waals surface area contributed by atoms with E-state index in [1.54, 1.807) is 0 Å². The number of methoxy groups -OCH3 is 2. The number of rotatable bonds is 7. The molecule has 2 rings (SSSR count). The number of aryl methyl sites for hydroxylation is 2. The van der Waals surface area contributed by atoms with E-state index in [1.165, 1.54) is 20.5 Å². The van der Waals surface area contributed by atoms with E-state index in [4.69, 9.17) is 14.3 Å². The Morgan fingerprint density at radius 3 is 2.52 bits per heavy atom. The van der Waals surface area contributed by atoms with Gasteiger partial charge >= 0.3 is 5.97 Å². The molecule has 0 amide bonds. The first-order valence-corrected chi connectivity index (χ1v) is 8.61. The molecule has 0 spiro atoms. The van der Waals surface area contributed by atoms with Crippen molar-refractivity contribution >= 4 is 17.3 Å². The van der Waals surface area contributed by atoms with Crippen LogP contribution in [-0.2, 0) is 25.7 Å². The van der Waals surface area contributed by atoms with E-state index in [0.717, 1.165) is 28.0 Å². The summed E-state index contributed by atoms with van der Waals surface area (Å²) in [6, 6.07) is 13.7. The first-order valence-electron chi connectivity index (χ1n) is 8.61. The fraction of sp³-hybridized carbons (Fsp3) is 0.273. The van der Waals surface area contributed by atoms with Crippen molar-refractivity contribution in [2.45, 2.75) is 27.4 Å². The summed E-state index contributed by atoms with van der Waals surface area (Å²) < 4.78 is 9.93. The first-order chi connectivity index (χ1) is 13.0. The summed E-state index contributed by atoms with van der Waals surface area (Å²) >= 11 is 0. The molecule has 0 radical (unpaired) electrons. The predicted octanol–water partition coefficient (Wildman–Crippen LogP) is 4.40. The van der Waals surface area contributed by atoms with E-state index in [1.807, 2.05) is 57.2 Å². The minimum atomic E-state index is -0.469. The molecule has 0 heterocycles. The third kappa shape index (κ3) is 5.20. The fourth-order valence-electron chi connectivity index (χ4n) is 2.71. The quantitative estimate of drug-likeness (QED) is 0.239. The van der Waals surface area contributed by atoms with Gasteiger partial charge in [-0.25, -0.2) is 4.79 Å². The van der Waals surface area contributed by atoms with Gasteiger partial charge in [0.1, 0.15) is 12.2 Å². The number of benzene rings is 2. The monoisotopic (exact) mass is 367 g/mol. The van der Waals surface area contributed by atoms with Gasteiger partial charge in [0.2, 0.25) is 0 Å². The number of carbonyl (C=O) groups is 1. The van der Waals surface area contributed by atoms with Crippen LogP contribution in [0.15, 0.2) is 53.9 Å². The molecule has 5 heteroatoms. The van der Waals surface area contributed by atoms with E-state index in [2.05, 4.69) is 11.2 Å². The summed E-state index contributed by atoms with van der Waals surface area (Å²) in [6.45, 7) is 6.12. The molecule has 0 fully saturated rings. The third-order valence-electron chi connectivity index (χ3n) is 4.19. The molecule has 0 atom stereocenters. The number of hydrogen-bond acceptors (Lipinski definition) is 5. The summed E-state index contributed by atoms with van der Waals surface area (Å²) in [5, 5.41) is 4.23. The highest BCUT2D eigenvalue weighted by molar-refractivity contribution is 6.16. The smallest absolute Gasteiger partial charge is 0.341 e. The Morgan fingerprint density at radius 1 is 1.11 bits per heavy atom. The Morgan fingerprint density at radius 2 is 1.85 bits per heavy atom. The second kappa shape index (κ2) is 9.57. The van der Waals surface area contributed by atoms with Crippen LogP contribution in [-0.4, -0.2) is 25.9 Å². The van der Waals surface area contributed by atoms with Crippen molar-refractivity contribution in [2.75, 3.05) is 14.2 Å². The van der Waals surface area contributed by atoms with Crippen LogP contribution in [0.3, 0.4) is 0 Å². The molecule has 0 saturated heterocycles. The van der Waals surface area contributed by atoms with E-state index in [-0.39, 0.29) is 6.61 Å². The van der Waals surface area contributed by atoms with Crippen molar-refractivity contribution in [1.29, 1.82) is 0 Å². The zero-order valence-electron chi connectivity index (χ0n) is 16.4. The SMILES string of the molecule is CO/C=C(/C(=O)OC)c1cccc(C)c1CO/N=C(\C)c1cccc(C)c1. The minimum Gasteiger partial charge on any atom is -0.503 e. The van der Waals surface area contributed by atoms with E-state index in [9.17, 15) is 4.79 Å². The van der Waals surface area contributed by atoms with Gasteiger partial charge in [0.05, 0.1) is 26.2 Å². The zero-order chi connectivity index (χ0) is 19.8. The standard InChI is InChI=1S/C22H25NO4/c1-15-8-6-10-18(12-15)17(3)23-27-14-20-16(2)9-7-11-19(20)21(13-25-4)22(24)26-5/h6-13H,14H2,1-5H3/b21-13+,23-17+. The highest BCUT2D eigenvalue weighted by atomic mass is 16.6. The molecule has 0 N–H and O–H groups in total. The summed E-state index contributed by atoms with van der Waals surface area (Å²) in [4.78, 5) is 17.7. The van der Waals surface area contributed by atoms with Crippen molar-refractivity contribution in [3.63, 3.8) is 0 Å². The van der Waals surface area contributed by atoms with Gasteiger partial charge in [0.25, 0.3) is 0 Å². The molecule has 0 aliphatic carbocycles. The van der Waals surface area contributed by atoms with Gasteiger partial charge in [-0.1, -0.05) is 53.2 Å². The molecule has 0 aliphatic heterocycles. The third-order valence-corrected chi connectivity index (χ3v) is 4.19. The summed E-state index contributed by atoms with van der Waals surface area (Å²) in [5.74, 6) is -0.469. The first kappa shape index (κ1) is 20.2. The van der Waals surface area contributed by atoms with Gasteiger partial charge in [-0.2, -0.15) is 0 Å². The number of esters is 1. The van der Waals surface area contributed by atoms with Crippen molar-refractivity contribution in [2.24, 2.45) is 5.16 Å². The van der Waals surface area contributed by atoms with Crippen LogP contribution in [0.2, 0.25) is 0 Å². The molecule has 2 aromatic carbocycles. The number of carbonyl (C=O) groups excluding carboxylic acids is 1. The lowest BCUT2D eigenvalue weighted by Gasteiger charge is -2.13. The van der Waals surface area contributed by atoms with Crippen molar-refractivity contribution in [1.82, 2.24) is 0 Å². The molecule has 0 bridgehead atoms. The molecule has 2 aromatic rings. The van der Waals surface area contributed by atoms with E-state index in [0.29, 0.717) is 11.1 Å². The molecular weight excluding hydrogens is 342 g/mol. The molecule has 0 saturated carbocycles. The zero-order valence-corrected chi connectivity index (χ0v) is 16.4. The van der Waals surface area contributed by atoms with E-state index >= 15 is 0 Å². The molecular formula is C22H25NO4. The van der Waals surface area contributed by atoms with Gasteiger partial charge < -0.3 is 14.3 Å². The molecule has 5 nitrogen and oxygen atoms in total. The second-order valence-electron chi connectivity index (χ2n) is 6.18. The summed E-state index contributed by atoms with van der Waals surface area (Å²) in [6.07, 6.45) is 1.38. The van der Waals surface area contributed by atoms with Gasteiger partial charge in [0, 0.05) is 5.56 Å². The maximum Gasteiger partial charge on any atom is 0.341 e. The van der Waals surface area contributed by atoms with Gasteiger partial charge in [-0.05, 0) is 37.5 Å². The Kier molecular flexibility index (Phi) is 7.17. The number of nitrogens with zero attached hydrogens (tertiary/aromatic N) is 1. The van der Waals surface area contributed by atoms with Gasteiger partial charge in [0.15, 0.2) is 0 Å². The Balaban J connectivity index is 2.27. The minimum absolute atomic E-state index is 0.225. The molecule has 27 heavy (non-hydrogen) atoms. The maximum atomic E-state index is 12.1. The Labute approximate surface area is 160 Å². The highest BCUT2D eigenvalue weighted by Gasteiger charge is 2.18. The van der Waals surface area contributed by atoms with Gasteiger partial charge in [-0.15, -0.1) is 0 Å². The molecule has 0 aliphatic rings. The van der Waals surface area contributed by atoms with Crippen LogP contribution in [0.4, 0.5) is 0 Å². The van der Waals surface area contributed by atoms with Crippen LogP contribution in [0.5, 0.6) is 0 Å². The van der Waals surface area contributed by atoms with Crippen molar-refractivity contribution in [3.8, 4) is 0 Å². The van der Waals surface area contributed by atoms with Crippen LogP contribution >= 0.6 is 0 Å². The second-order valence-corrected chi connectivity index (χ2v) is 6.18. The molecule has 0 unspecified atom stereocenters. The van der Waals surface area contributed by atoms with Crippen LogP contribution in [0.25, 0.3) is 5.57 Å². The van der Waals surface area contributed by atoms with Crippen LogP contribution in [0, 0.1) is 13.8 Å².